The van der Waals surface area contributed by atoms with Gasteiger partial charge in [0.1, 0.15) is 11.6 Å². The maximum Gasteiger partial charge on any atom is 0.147 e. The van der Waals surface area contributed by atoms with E-state index < -0.39 is 11.6 Å². The lowest BCUT2D eigenvalue weighted by Crippen LogP contribution is -2.00. The highest BCUT2D eigenvalue weighted by Crippen LogP contribution is 2.31. The van der Waals surface area contributed by atoms with Crippen LogP contribution in [0, 0.1) is 18.6 Å². The monoisotopic (exact) mass is 285 g/mol. The number of nitrogens with zero attached hydrogens (tertiary/aromatic N) is 1. The Morgan fingerprint density at radius 1 is 1.05 bits per heavy atom. The van der Waals surface area contributed by atoms with Crippen LogP contribution in [0.4, 0.5) is 25.8 Å². The van der Waals surface area contributed by atoms with Crippen LogP contribution in [0.2, 0.25) is 0 Å². The number of pyridine rings is 1. The van der Waals surface area contributed by atoms with Gasteiger partial charge in [0.15, 0.2) is 0 Å². The Hall–Kier alpha value is -2.69. The third-order valence-electron chi connectivity index (χ3n) is 3.38. The second kappa shape index (κ2) is 5.01. The molecule has 0 saturated heterocycles. The van der Waals surface area contributed by atoms with Gasteiger partial charge in [0.2, 0.25) is 0 Å². The summed E-state index contributed by atoms with van der Waals surface area (Å²) in [7, 11) is 0. The zero-order valence-corrected chi connectivity index (χ0v) is 11.3. The topological polar surface area (TPSA) is 50.9 Å². The molecule has 1 heterocycles. The highest BCUT2D eigenvalue weighted by Gasteiger charge is 2.10. The van der Waals surface area contributed by atoms with Crippen LogP contribution in [0.5, 0.6) is 0 Å². The molecule has 0 aliphatic carbocycles. The lowest BCUT2D eigenvalue weighted by atomic mass is 10.1. The van der Waals surface area contributed by atoms with E-state index in [-0.39, 0.29) is 11.3 Å². The minimum atomic E-state index is -0.525. The largest absolute Gasteiger partial charge is 0.397 e. The van der Waals surface area contributed by atoms with Crippen molar-refractivity contribution in [3.05, 3.63) is 59.9 Å². The predicted octanol–water partition coefficient (Wildman–Crippen LogP) is 4.15. The molecule has 0 atom stereocenters. The average Bonchev–Trinajstić information content (AvgIpc) is 2.48. The Labute approximate surface area is 120 Å². The van der Waals surface area contributed by atoms with Gasteiger partial charge in [-0.25, -0.2) is 8.78 Å². The first-order valence-corrected chi connectivity index (χ1v) is 6.41. The molecule has 0 bridgehead atoms. The molecule has 3 N–H and O–H groups in total. The fourth-order valence-corrected chi connectivity index (χ4v) is 2.19. The lowest BCUT2D eigenvalue weighted by Gasteiger charge is -2.13. The maximum absolute atomic E-state index is 13.9. The Morgan fingerprint density at radius 2 is 1.86 bits per heavy atom. The minimum Gasteiger partial charge on any atom is -0.397 e. The minimum absolute atomic E-state index is 0.0539. The fraction of sp³-hybridized carbons (Fsp3) is 0.0625. The van der Waals surface area contributed by atoms with Crippen LogP contribution in [0.1, 0.15) is 5.56 Å². The first-order chi connectivity index (χ1) is 10.1. The maximum atomic E-state index is 13.9. The molecular weight excluding hydrogens is 272 g/mol. The van der Waals surface area contributed by atoms with Gasteiger partial charge in [-0.05, 0) is 30.7 Å². The highest BCUT2D eigenvalue weighted by atomic mass is 19.1. The number of benzene rings is 2. The van der Waals surface area contributed by atoms with Crippen molar-refractivity contribution in [2.24, 2.45) is 0 Å². The second-order valence-electron chi connectivity index (χ2n) is 4.83. The van der Waals surface area contributed by atoms with Gasteiger partial charge < -0.3 is 11.1 Å². The van der Waals surface area contributed by atoms with Gasteiger partial charge in [0.05, 0.1) is 17.1 Å². The highest BCUT2D eigenvalue weighted by molar-refractivity contribution is 5.99. The summed E-state index contributed by atoms with van der Waals surface area (Å²) in [6.07, 6.45) is 3.33. The number of hydrogen-bond donors (Lipinski definition) is 2. The standard InChI is InChI=1S/C16H13F2N3/c1-9-6-13(18)15(7-12(9)17)21-14-3-2-10-8-20-5-4-11(10)16(14)19/h2-8,21H,19H2,1H3. The average molecular weight is 285 g/mol. The predicted molar refractivity (Wildman–Crippen MR) is 80.5 cm³/mol. The Bertz CT molecular complexity index is 831. The number of nitrogen functional groups attached to an aromatic ring is 1. The molecule has 21 heavy (non-hydrogen) atoms. The van der Waals surface area contributed by atoms with Crippen molar-refractivity contribution in [1.29, 1.82) is 0 Å². The van der Waals surface area contributed by atoms with Crippen LogP contribution in [-0.2, 0) is 0 Å². The molecule has 3 aromatic rings. The number of hydrogen-bond acceptors (Lipinski definition) is 3. The molecule has 106 valence electrons. The first kappa shape index (κ1) is 13.3. The van der Waals surface area contributed by atoms with E-state index >= 15 is 0 Å². The number of aromatic nitrogens is 1. The van der Waals surface area contributed by atoms with Crippen molar-refractivity contribution < 1.29 is 8.78 Å². The van der Waals surface area contributed by atoms with Gasteiger partial charge in [0.25, 0.3) is 0 Å². The van der Waals surface area contributed by atoms with E-state index in [0.29, 0.717) is 11.4 Å². The normalized spacial score (nSPS) is 10.8. The number of halogens is 2. The van der Waals surface area contributed by atoms with Crippen LogP contribution in [0.3, 0.4) is 0 Å². The number of fused-ring (bicyclic) bond motifs is 1. The Balaban J connectivity index is 2.06. The van der Waals surface area contributed by atoms with Gasteiger partial charge in [-0.2, -0.15) is 0 Å². The first-order valence-electron chi connectivity index (χ1n) is 6.41. The fourth-order valence-electron chi connectivity index (χ4n) is 2.19. The van der Waals surface area contributed by atoms with E-state index in [1.54, 1.807) is 24.5 Å². The summed E-state index contributed by atoms with van der Waals surface area (Å²) in [6.45, 7) is 1.51. The molecule has 5 heteroatoms. The molecule has 0 spiro atoms. The molecule has 0 fully saturated rings. The van der Waals surface area contributed by atoms with Crippen LogP contribution < -0.4 is 11.1 Å². The molecule has 0 aliphatic rings. The number of nitrogens with one attached hydrogen (secondary N) is 1. The van der Waals surface area contributed by atoms with Gasteiger partial charge in [-0.3, -0.25) is 4.98 Å². The van der Waals surface area contributed by atoms with Crippen LogP contribution in [0.15, 0.2) is 42.7 Å². The Kier molecular flexibility index (Phi) is 3.17. The molecule has 1 aromatic heterocycles. The summed E-state index contributed by atoms with van der Waals surface area (Å²) in [5, 5.41) is 4.53. The van der Waals surface area contributed by atoms with Crippen molar-refractivity contribution >= 4 is 27.8 Å². The molecule has 0 unspecified atom stereocenters. The van der Waals surface area contributed by atoms with Crippen molar-refractivity contribution in [1.82, 2.24) is 4.98 Å². The number of aryl methyl sites for hydroxylation is 1. The van der Waals surface area contributed by atoms with Crippen LogP contribution in [-0.4, -0.2) is 4.98 Å². The third kappa shape index (κ3) is 2.38. The molecule has 3 rings (SSSR count). The zero-order valence-electron chi connectivity index (χ0n) is 11.3. The van der Waals surface area contributed by atoms with Gasteiger partial charge in [0, 0.05) is 29.2 Å². The number of rotatable bonds is 2. The molecule has 0 radical (unpaired) electrons. The van der Waals surface area contributed by atoms with Crippen LogP contribution >= 0.6 is 0 Å². The lowest BCUT2D eigenvalue weighted by molar-refractivity contribution is 0.595. The Morgan fingerprint density at radius 3 is 2.67 bits per heavy atom. The smallest absolute Gasteiger partial charge is 0.147 e. The SMILES string of the molecule is Cc1cc(F)c(Nc2ccc3cnccc3c2N)cc1F. The molecule has 3 nitrogen and oxygen atoms in total. The van der Waals surface area contributed by atoms with Crippen molar-refractivity contribution in [2.75, 3.05) is 11.1 Å². The molecule has 2 aromatic carbocycles. The second-order valence-corrected chi connectivity index (χ2v) is 4.83. The van der Waals surface area contributed by atoms with Crippen molar-refractivity contribution in [3.8, 4) is 0 Å². The summed E-state index contributed by atoms with van der Waals surface area (Å²) < 4.78 is 27.5. The van der Waals surface area contributed by atoms with Gasteiger partial charge in [-0.15, -0.1) is 0 Å². The van der Waals surface area contributed by atoms with Gasteiger partial charge >= 0.3 is 0 Å². The third-order valence-corrected chi connectivity index (χ3v) is 3.38. The molecular formula is C16H13F2N3. The zero-order chi connectivity index (χ0) is 15.0. The summed E-state index contributed by atoms with van der Waals surface area (Å²) in [5.74, 6) is -0.995. The summed E-state index contributed by atoms with van der Waals surface area (Å²) in [4.78, 5) is 4.02. The quantitative estimate of drug-likeness (QED) is 0.695. The summed E-state index contributed by atoms with van der Waals surface area (Å²) in [6, 6.07) is 7.60. The molecule has 0 amide bonds. The molecule has 0 saturated carbocycles. The summed E-state index contributed by atoms with van der Waals surface area (Å²) in [5.41, 5.74) is 7.38. The van der Waals surface area contributed by atoms with E-state index in [1.165, 1.54) is 6.92 Å². The van der Waals surface area contributed by atoms with E-state index in [9.17, 15) is 8.78 Å². The van der Waals surface area contributed by atoms with E-state index in [4.69, 9.17) is 5.73 Å². The summed E-state index contributed by atoms with van der Waals surface area (Å²) >= 11 is 0. The van der Waals surface area contributed by atoms with E-state index in [0.717, 1.165) is 22.9 Å². The number of nitrogens with two attached hydrogens (primary N) is 1. The van der Waals surface area contributed by atoms with E-state index in [1.807, 2.05) is 6.07 Å². The van der Waals surface area contributed by atoms with Crippen LogP contribution in [0.25, 0.3) is 10.8 Å². The van der Waals surface area contributed by atoms with Crippen molar-refractivity contribution in [3.63, 3.8) is 0 Å². The van der Waals surface area contributed by atoms with Crippen molar-refractivity contribution in [2.45, 2.75) is 6.92 Å². The van der Waals surface area contributed by atoms with Gasteiger partial charge in [-0.1, -0.05) is 6.07 Å². The van der Waals surface area contributed by atoms with E-state index in [2.05, 4.69) is 10.3 Å². The number of anilines is 3. The molecule has 0 aliphatic heterocycles.